The predicted octanol–water partition coefficient (Wildman–Crippen LogP) is 5.98. The van der Waals surface area contributed by atoms with E-state index in [4.69, 9.17) is 21.6 Å². The number of nitrogens with one attached hydrogen (secondary N) is 1. The lowest BCUT2D eigenvalue weighted by molar-refractivity contribution is 0.333. The molecule has 1 saturated heterocycles. The van der Waals surface area contributed by atoms with Gasteiger partial charge in [-0.1, -0.05) is 30.9 Å². The number of rotatable bonds is 4. The molecule has 0 radical (unpaired) electrons. The molecule has 3 aromatic rings. The van der Waals surface area contributed by atoms with Gasteiger partial charge >= 0.3 is 0 Å². The molecule has 2 aromatic heterocycles. The maximum absolute atomic E-state index is 6.28. The Kier molecular flexibility index (Phi) is 5.49. The van der Waals surface area contributed by atoms with Crippen molar-refractivity contribution in [1.29, 1.82) is 0 Å². The van der Waals surface area contributed by atoms with Crippen LogP contribution in [0.25, 0.3) is 21.9 Å². The molecule has 0 spiro atoms. The minimum Gasteiger partial charge on any atom is -0.327 e. The lowest BCUT2D eigenvalue weighted by Crippen LogP contribution is -2.28. The van der Waals surface area contributed by atoms with E-state index in [1.54, 1.807) is 0 Å². The van der Waals surface area contributed by atoms with Crippen molar-refractivity contribution in [1.82, 2.24) is 19.9 Å². The van der Waals surface area contributed by atoms with Crippen LogP contribution in [0.3, 0.4) is 0 Å². The largest absolute Gasteiger partial charge is 0.327 e. The Hall–Kier alpha value is -1.65. The summed E-state index contributed by atoms with van der Waals surface area (Å²) in [7, 11) is 0. The fraction of sp³-hybridized carbons (Fsp3) is 0.583. The lowest BCUT2D eigenvalue weighted by Gasteiger charge is -2.25. The summed E-state index contributed by atoms with van der Waals surface area (Å²) in [5, 5.41) is 5.43. The molecule has 1 aliphatic heterocycles. The lowest BCUT2D eigenvalue weighted by atomic mass is 9.88. The number of fused-ring (bicyclic) bond motifs is 3. The molecule has 5 heteroatoms. The van der Waals surface area contributed by atoms with Crippen LogP contribution in [0, 0.1) is 12.8 Å². The van der Waals surface area contributed by atoms with Gasteiger partial charge in [0.1, 0.15) is 11.3 Å². The summed E-state index contributed by atoms with van der Waals surface area (Å²) in [4.78, 5) is 10.1. The van der Waals surface area contributed by atoms with Gasteiger partial charge in [0.25, 0.3) is 0 Å². The van der Waals surface area contributed by atoms with Crippen molar-refractivity contribution in [2.45, 2.75) is 70.8 Å². The Morgan fingerprint density at radius 2 is 1.86 bits per heavy atom. The second kappa shape index (κ2) is 8.23. The monoisotopic (exact) mass is 410 g/mol. The van der Waals surface area contributed by atoms with E-state index in [0.717, 1.165) is 47.3 Å². The fourth-order valence-corrected chi connectivity index (χ4v) is 5.57. The average Bonchev–Trinajstić information content (AvgIpc) is 3.14. The fourth-order valence-electron chi connectivity index (χ4n) is 5.41. The number of piperidine rings is 1. The molecule has 1 saturated carbocycles. The van der Waals surface area contributed by atoms with Crippen LogP contribution in [0.1, 0.15) is 68.8 Å². The number of halogens is 1. The van der Waals surface area contributed by atoms with E-state index < -0.39 is 0 Å². The van der Waals surface area contributed by atoms with Gasteiger partial charge in [-0.05, 0) is 76.2 Å². The Labute approximate surface area is 178 Å². The van der Waals surface area contributed by atoms with Crippen LogP contribution in [0.15, 0.2) is 18.2 Å². The van der Waals surface area contributed by atoms with Crippen LogP contribution < -0.4 is 5.32 Å². The van der Waals surface area contributed by atoms with Crippen LogP contribution in [-0.4, -0.2) is 27.6 Å². The molecule has 29 heavy (non-hydrogen) atoms. The zero-order valence-electron chi connectivity index (χ0n) is 17.4. The van der Waals surface area contributed by atoms with E-state index in [1.807, 2.05) is 12.1 Å². The molecule has 2 fully saturated rings. The summed E-state index contributed by atoms with van der Waals surface area (Å²) in [6.07, 6.45) is 10.4. The van der Waals surface area contributed by atoms with Crippen molar-refractivity contribution in [3.63, 3.8) is 0 Å². The minimum atomic E-state index is 0.589. The highest BCUT2D eigenvalue weighted by molar-refractivity contribution is 6.31. The summed E-state index contributed by atoms with van der Waals surface area (Å²) >= 11 is 6.28. The third kappa shape index (κ3) is 3.77. The van der Waals surface area contributed by atoms with E-state index in [9.17, 15) is 0 Å². The average molecular weight is 411 g/mol. The molecule has 3 heterocycles. The van der Waals surface area contributed by atoms with Gasteiger partial charge in [-0.15, -0.1) is 0 Å². The van der Waals surface area contributed by atoms with Gasteiger partial charge < -0.3 is 9.88 Å². The van der Waals surface area contributed by atoms with E-state index in [2.05, 4.69) is 22.9 Å². The molecule has 2 aliphatic rings. The SMILES string of the molecule is Cc1nc2cc(Cl)ccc2c2c1nc(C1CCCCC1)n2CCC1CCNCC1. The smallest absolute Gasteiger partial charge is 0.113 e. The summed E-state index contributed by atoms with van der Waals surface area (Å²) in [6, 6.07) is 6.12. The van der Waals surface area contributed by atoms with Crippen LogP contribution in [0.4, 0.5) is 0 Å². The normalized spacial score (nSPS) is 19.4. The first kappa shape index (κ1) is 19.3. The van der Waals surface area contributed by atoms with Crippen molar-refractivity contribution in [2.24, 2.45) is 5.92 Å². The maximum atomic E-state index is 6.28. The number of hydrogen-bond acceptors (Lipinski definition) is 3. The molecule has 0 atom stereocenters. The molecule has 5 rings (SSSR count). The van der Waals surface area contributed by atoms with Gasteiger partial charge in [0.05, 0.1) is 16.7 Å². The highest BCUT2D eigenvalue weighted by Crippen LogP contribution is 2.37. The highest BCUT2D eigenvalue weighted by atomic mass is 35.5. The third-order valence-corrected chi connectivity index (χ3v) is 7.27. The van der Waals surface area contributed by atoms with Crippen molar-refractivity contribution in [3.8, 4) is 0 Å². The molecule has 1 N–H and O–H groups in total. The first-order valence-electron chi connectivity index (χ1n) is 11.4. The second-order valence-electron chi connectivity index (χ2n) is 8.99. The molecule has 1 aromatic carbocycles. The van der Waals surface area contributed by atoms with Gasteiger partial charge in [0.15, 0.2) is 0 Å². The Bertz CT molecular complexity index is 1010. The van der Waals surface area contributed by atoms with Crippen molar-refractivity contribution in [2.75, 3.05) is 13.1 Å². The zero-order chi connectivity index (χ0) is 19.8. The number of pyridine rings is 1. The Morgan fingerprint density at radius 1 is 1.07 bits per heavy atom. The van der Waals surface area contributed by atoms with Gasteiger partial charge in [-0.2, -0.15) is 0 Å². The Morgan fingerprint density at radius 3 is 2.66 bits per heavy atom. The number of imidazole rings is 1. The number of hydrogen-bond donors (Lipinski definition) is 1. The zero-order valence-corrected chi connectivity index (χ0v) is 18.1. The van der Waals surface area contributed by atoms with Gasteiger partial charge in [-0.3, -0.25) is 4.98 Å². The van der Waals surface area contributed by atoms with E-state index in [-0.39, 0.29) is 0 Å². The standard InChI is InChI=1S/C24H31ClN4/c1-16-22-23(20-8-7-19(25)15-21(20)27-16)29(14-11-17-9-12-26-13-10-17)24(28-22)18-5-3-2-4-6-18/h7-8,15,17-18,26H,2-6,9-14H2,1H3. The molecule has 1 aliphatic carbocycles. The number of aromatic nitrogens is 3. The molecular formula is C24H31ClN4. The second-order valence-corrected chi connectivity index (χ2v) is 9.43. The summed E-state index contributed by atoms with van der Waals surface area (Å²) in [5.74, 6) is 2.71. The number of benzene rings is 1. The third-order valence-electron chi connectivity index (χ3n) is 7.03. The van der Waals surface area contributed by atoms with E-state index in [0.29, 0.717) is 5.92 Å². The van der Waals surface area contributed by atoms with Gasteiger partial charge in [0, 0.05) is 22.9 Å². The Balaban J connectivity index is 1.63. The van der Waals surface area contributed by atoms with Gasteiger partial charge in [-0.25, -0.2) is 4.98 Å². The van der Waals surface area contributed by atoms with Crippen molar-refractivity contribution in [3.05, 3.63) is 34.7 Å². The predicted molar refractivity (Wildman–Crippen MR) is 121 cm³/mol. The molecular weight excluding hydrogens is 380 g/mol. The van der Waals surface area contributed by atoms with Crippen LogP contribution in [-0.2, 0) is 6.54 Å². The van der Waals surface area contributed by atoms with E-state index in [1.165, 1.54) is 68.1 Å². The maximum Gasteiger partial charge on any atom is 0.113 e. The van der Waals surface area contributed by atoms with Crippen LogP contribution in [0.2, 0.25) is 5.02 Å². The molecule has 4 nitrogen and oxygen atoms in total. The number of nitrogens with zero attached hydrogens (tertiary/aromatic N) is 3. The topological polar surface area (TPSA) is 42.7 Å². The summed E-state index contributed by atoms with van der Waals surface area (Å²) in [5.41, 5.74) is 4.37. The highest BCUT2D eigenvalue weighted by Gasteiger charge is 2.25. The summed E-state index contributed by atoms with van der Waals surface area (Å²) < 4.78 is 2.57. The van der Waals surface area contributed by atoms with Crippen LogP contribution in [0.5, 0.6) is 0 Å². The van der Waals surface area contributed by atoms with Crippen molar-refractivity contribution < 1.29 is 0 Å². The molecule has 0 bridgehead atoms. The molecule has 0 amide bonds. The van der Waals surface area contributed by atoms with E-state index >= 15 is 0 Å². The van der Waals surface area contributed by atoms with Crippen LogP contribution >= 0.6 is 11.6 Å². The summed E-state index contributed by atoms with van der Waals surface area (Å²) in [6.45, 7) is 5.48. The molecule has 0 unspecified atom stereocenters. The number of aryl methyl sites for hydroxylation is 2. The first-order valence-corrected chi connectivity index (χ1v) is 11.7. The quantitative estimate of drug-likeness (QED) is 0.574. The van der Waals surface area contributed by atoms with Crippen molar-refractivity contribution >= 4 is 33.5 Å². The van der Waals surface area contributed by atoms with Gasteiger partial charge in [0.2, 0.25) is 0 Å². The first-order chi connectivity index (χ1) is 14.2. The minimum absolute atomic E-state index is 0.589. The molecule has 154 valence electrons.